The van der Waals surface area contributed by atoms with Gasteiger partial charge < -0.3 is 0 Å². The van der Waals surface area contributed by atoms with Crippen LogP contribution in [0.2, 0.25) is 0 Å². The molecule has 17 heavy (non-hydrogen) atoms. The first-order valence-corrected chi connectivity index (χ1v) is 5.89. The van der Waals surface area contributed by atoms with Crippen LogP contribution in [-0.4, -0.2) is 20.2 Å². The smallest absolute Gasteiger partial charge is 0.141 e. The number of rotatable bonds is 3. The topological polar surface area (TPSA) is 66.5 Å². The van der Waals surface area contributed by atoms with Crippen molar-refractivity contribution in [2.45, 2.75) is 31.8 Å². The highest BCUT2D eigenvalue weighted by Gasteiger charge is 2.25. The number of aromatic amines is 1. The Hall–Kier alpha value is -1.75. The predicted octanol–water partition coefficient (Wildman–Crippen LogP) is 1.54. The lowest BCUT2D eigenvalue weighted by Crippen LogP contribution is -2.24. The van der Waals surface area contributed by atoms with Gasteiger partial charge in [-0.3, -0.25) is 15.4 Å². The van der Waals surface area contributed by atoms with Gasteiger partial charge in [0.25, 0.3) is 0 Å². The molecule has 0 aliphatic heterocycles. The first-order chi connectivity index (χ1) is 8.34. The van der Waals surface area contributed by atoms with Gasteiger partial charge in [0.05, 0.1) is 17.8 Å². The summed E-state index contributed by atoms with van der Waals surface area (Å²) in [6.45, 7) is 2.08. The van der Waals surface area contributed by atoms with Crippen LogP contribution in [0, 0.1) is 0 Å². The van der Waals surface area contributed by atoms with E-state index in [-0.39, 0.29) is 6.04 Å². The van der Waals surface area contributed by atoms with Crippen LogP contribution < -0.4 is 5.32 Å². The molecule has 2 aromatic rings. The molecule has 1 aliphatic carbocycles. The summed E-state index contributed by atoms with van der Waals surface area (Å²) >= 11 is 0. The van der Waals surface area contributed by atoms with Crippen molar-refractivity contribution in [3.8, 4) is 0 Å². The molecule has 0 radical (unpaired) electrons. The maximum Gasteiger partial charge on any atom is 0.141 e. The van der Waals surface area contributed by atoms with E-state index < -0.39 is 0 Å². The second-order valence-electron chi connectivity index (χ2n) is 4.40. The average Bonchev–Trinajstić information content (AvgIpc) is 2.98. The van der Waals surface area contributed by atoms with Crippen molar-refractivity contribution in [2.24, 2.45) is 0 Å². The zero-order valence-corrected chi connectivity index (χ0v) is 9.72. The Morgan fingerprint density at radius 3 is 3.24 bits per heavy atom. The molecule has 5 heteroatoms. The third kappa shape index (κ3) is 1.93. The van der Waals surface area contributed by atoms with Gasteiger partial charge in [0, 0.05) is 6.20 Å². The van der Waals surface area contributed by atoms with E-state index in [1.165, 1.54) is 17.6 Å². The largest absolute Gasteiger partial charge is 0.299 e. The summed E-state index contributed by atoms with van der Waals surface area (Å²) in [5.41, 5.74) is 2.54. The zero-order chi connectivity index (χ0) is 11.7. The van der Waals surface area contributed by atoms with E-state index in [4.69, 9.17) is 0 Å². The molecule has 2 heterocycles. The van der Waals surface area contributed by atoms with E-state index in [2.05, 4.69) is 38.5 Å². The molecule has 0 spiro atoms. The normalized spacial score (nSPS) is 20.2. The molecule has 0 saturated heterocycles. The fourth-order valence-corrected chi connectivity index (χ4v) is 2.38. The first-order valence-electron chi connectivity index (χ1n) is 5.89. The number of nitrogens with one attached hydrogen (secondary N) is 2. The Kier molecular flexibility index (Phi) is 2.60. The van der Waals surface area contributed by atoms with Crippen molar-refractivity contribution in [1.82, 2.24) is 25.5 Å². The summed E-state index contributed by atoms with van der Waals surface area (Å²) in [6, 6.07) is 4.64. The number of hydrogen-bond acceptors (Lipinski definition) is 4. The van der Waals surface area contributed by atoms with E-state index in [1.54, 1.807) is 0 Å². The van der Waals surface area contributed by atoms with E-state index in [1.807, 2.05) is 12.3 Å². The van der Waals surface area contributed by atoms with Crippen LogP contribution in [0.3, 0.4) is 0 Å². The van der Waals surface area contributed by atoms with Gasteiger partial charge in [-0.15, -0.1) is 0 Å². The Bertz CT molecular complexity index is 493. The van der Waals surface area contributed by atoms with Gasteiger partial charge >= 0.3 is 0 Å². The second kappa shape index (κ2) is 4.25. The molecule has 0 amide bonds. The monoisotopic (exact) mass is 229 g/mol. The molecule has 2 atom stereocenters. The van der Waals surface area contributed by atoms with E-state index in [0.717, 1.165) is 18.7 Å². The number of nitrogens with zero attached hydrogens (tertiary/aromatic N) is 3. The van der Waals surface area contributed by atoms with Crippen molar-refractivity contribution < 1.29 is 0 Å². The Morgan fingerprint density at radius 1 is 1.47 bits per heavy atom. The molecular weight excluding hydrogens is 214 g/mol. The Morgan fingerprint density at radius 2 is 2.41 bits per heavy atom. The summed E-state index contributed by atoms with van der Waals surface area (Å²) in [4.78, 5) is 8.63. The van der Waals surface area contributed by atoms with Gasteiger partial charge in [-0.05, 0) is 31.4 Å². The zero-order valence-electron chi connectivity index (χ0n) is 9.72. The van der Waals surface area contributed by atoms with Gasteiger partial charge in [-0.1, -0.05) is 6.07 Å². The molecule has 2 N–H and O–H groups in total. The molecule has 0 fully saturated rings. The van der Waals surface area contributed by atoms with Crippen molar-refractivity contribution in [3.63, 3.8) is 0 Å². The van der Waals surface area contributed by atoms with Crippen LogP contribution in [0.4, 0.5) is 0 Å². The summed E-state index contributed by atoms with van der Waals surface area (Å²) in [7, 11) is 0. The van der Waals surface area contributed by atoms with Crippen LogP contribution >= 0.6 is 0 Å². The first kappa shape index (κ1) is 10.4. The second-order valence-corrected chi connectivity index (χ2v) is 4.40. The number of aryl methyl sites for hydroxylation is 1. The maximum atomic E-state index is 4.47. The van der Waals surface area contributed by atoms with Crippen molar-refractivity contribution in [2.75, 3.05) is 0 Å². The number of H-pyrrole nitrogens is 1. The lowest BCUT2D eigenvalue weighted by Gasteiger charge is -2.17. The molecule has 0 saturated carbocycles. The van der Waals surface area contributed by atoms with Crippen LogP contribution in [-0.2, 0) is 6.42 Å². The van der Waals surface area contributed by atoms with Crippen molar-refractivity contribution >= 4 is 0 Å². The van der Waals surface area contributed by atoms with E-state index in [0.29, 0.717) is 6.04 Å². The molecular formula is C12H15N5. The lowest BCUT2D eigenvalue weighted by atomic mass is 10.2. The number of fused-ring (bicyclic) bond motifs is 1. The third-order valence-corrected chi connectivity index (χ3v) is 3.25. The highest BCUT2D eigenvalue weighted by atomic mass is 15.2. The maximum absolute atomic E-state index is 4.47. The highest BCUT2D eigenvalue weighted by molar-refractivity contribution is 5.28. The van der Waals surface area contributed by atoms with Gasteiger partial charge in [-0.25, -0.2) is 4.98 Å². The minimum absolute atomic E-state index is 0.162. The summed E-state index contributed by atoms with van der Waals surface area (Å²) in [5, 5.41) is 10.3. The summed E-state index contributed by atoms with van der Waals surface area (Å²) < 4.78 is 0. The van der Waals surface area contributed by atoms with Crippen LogP contribution in [0.5, 0.6) is 0 Å². The van der Waals surface area contributed by atoms with Gasteiger partial charge in [-0.2, -0.15) is 5.10 Å². The van der Waals surface area contributed by atoms with Crippen LogP contribution in [0.25, 0.3) is 0 Å². The standard InChI is InChI=1S/C12H15N5/c1-8(12-14-7-15-17-12)16-10-5-4-9-3-2-6-13-11(9)10/h2-3,6-8,10,16H,4-5H2,1H3,(H,14,15,17). The molecule has 2 aromatic heterocycles. The van der Waals surface area contributed by atoms with Gasteiger partial charge in [0.15, 0.2) is 0 Å². The fourth-order valence-electron chi connectivity index (χ4n) is 2.38. The molecule has 1 aliphatic rings. The number of hydrogen-bond donors (Lipinski definition) is 2. The molecule has 0 aromatic carbocycles. The molecule has 2 unspecified atom stereocenters. The van der Waals surface area contributed by atoms with Gasteiger partial charge in [0.2, 0.25) is 0 Å². The average molecular weight is 229 g/mol. The van der Waals surface area contributed by atoms with Crippen LogP contribution in [0.1, 0.15) is 42.5 Å². The number of pyridine rings is 1. The number of aromatic nitrogens is 4. The van der Waals surface area contributed by atoms with E-state index in [9.17, 15) is 0 Å². The quantitative estimate of drug-likeness (QED) is 0.837. The van der Waals surface area contributed by atoms with Crippen molar-refractivity contribution in [1.29, 1.82) is 0 Å². The summed E-state index contributed by atoms with van der Waals surface area (Å²) in [5.74, 6) is 0.870. The Balaban J connectivity index is 1.75. The highest BCUT2D eigenvalue weighted by Crippen LogP contribution is 2.30. The third-order valence-electron chi connectivity index (χ3n) is 3.25. The molecule has 3 rings (SSSR count). The minimum atomic E-state index is 0.162. The molecule has 88 valence electrons. The Labute approximate surface area is 99.7 Å². The lowest BCUT2D eigenvalue weighted by molar-refractivity contribution is 0.445. The summed E-state index contributed by atoms with van der Waals surface area (Å²) in [6.07, 6.45) is 5.60. The molecule has 5 nitrogen and oxygen atoms in total. The SMILES string of the molecule is CC(NC1CCc2cccnc21)c1ncn[nH]1. The van der Waals surface area contributed by atoms with Crippen molar-refractivity contribution in [3.05, 3.63) is 41.7 Å². The minimum Gasteiger partial charge on any atom is -0.299 e. The van der Waals surface area contributed by atoms with Crippen LogP contribution in [0.15, 0.2) is 24.7 Å². The fraction of sp³-hybridized carbons (Fsp3) is 0.417. The van der Waals surface area contributed by atoms with Gasteiger partial charge in [0.1, 0.15) is 12.2 Å². The predicted molar refractivity (Wildman–Crippen MR) is 63.2 cm³/mol. The van der Waals surface area contributed by atoms with E-state index >= 15 is 0 Å². The molecule has 0 bridgehead atoms.